The van der Waals surface area contributed by atoms with E-state index < -0.39 is 10.8 Å². The van der Waals surface area contributed by atoms with Crippen molar-refractivity contribution < 1.29 is 9.72 Å². The number of nitro groups is 1. The zero-order valence-electron chi connectivity index (χ0n) is 14.3. The summed E-state index contributed by atoms with van der Waals surface area (Å²) < 4.78 is 0. The van der Waals surface area contributed by atoms with E-state index in [1.807, 2.05) is 0 Å². The van der Waals surface area contributed by atoms with Crippen LogP contribution >= 0.6 is 11.3 Å². The van der Waals surface area contributed by atoms with Crippen LogP contribution in [0.3, 0.4) is 0 Å². The van der Waals surface area contributed by atoms with Crippen LogP contribution in [0, 0.1) is 21.4 Å². The summed E-state index contributed by atoms with van der Waals surface area (Å²) in [5, 5.41) is 25.4. The maximum atomic E-state index is 11.1. The minimum atomic E-state index is -0.513. The van der Waals surface area contributed by atoms with Crippen LogP contribution in [0.1, 0.15) is 15.4 Å². The summed E-state index contributed by atoms with van der Waals surface area (Å²) in [6.07, 6.45) is 1.53. The van der Waals surface area contributed by atoms with E-state index in [-0.39, 0.29) is 5.69 Å². The lowest BCUT2D eigenvalue weighted by Crippen LogP contribution is -2.10. The van der Waals surface area contributed by atoms with E-state index in [0.29, 0.717) is 27.5 Å². The van der Waals surface area contributed by atoms with Crippen molar-refractivity contribution in [2.45, 2.75) is 0 Å². The Hall–Kier alpha value is -4.03. The van der Waals surface area contributed by atoms with Gasteiger partial charge in [0.2, 0.25) is 5.91 Å². The molecule has 0 aliphatic heterocycles. The molecule has 3 aromatic rings. The van der Waals surface area contributed by atoms with Gasteiger partial charge in [-0.25, -0.2) is 4.98 Å². The summed E-state index contributed by atoms with van der Waals surface area (Å²) >= 11 is 1.29. The molecule has 1 amide bonds. The lowest BCUT2D eigenvalue weighted by Gasteiger charge is -2.02. The highest BCUT2D eigenvalue weighted by Gasteiger charge is 2.11. The molecular formula is C19H13N5O3S. The number of primary amides is 1. The van der Waals surface area contributed by atoms with Crippen LogP contribution in [-0.2, 0) is 0 Å². The first kappa shape index (κ1) is 18.8. The molecule has 0 unspecified atom stereocenters. The molecule has 0 fully saturated rings. The van der Waals surface area contributed by atoms with Gasteiger partial charge >= 0.3 is 0 Å². The van der Waals surface area contributed by atoms with Crippen molar-refractivity contribution in [3.8, 4) is 17.3 Å². The average Bonchev–Trinajstić information content (AvgIpc) is 3.19. The first-order chi connectivity index (χ1) is 13.5. The van der Waals surface area contributed by atoms with Crippen LogP contribution in [0.5, 0.6) is 0 Å². The minimum Gasteiger partial charge on any atom is -0.366 e. The molecule has 0 atom stereocenters. The van der Waals surface area contributed by atoms with Gasteiger partial charge in [0, 0.05) is 40.5 Å². The van der Waals surface area contributed by atoms with Gasteiger partial charge in [0.25, 0.3) is 5.69 Å². The van der Waals surface area contributed by atoms with Crippen molar-refractivity contribution in [2.24, 2.45) is 5.73 Å². The predicted molar refractivity (Wildman–Crippen MR) is 106 cm³/mol. The maximum Gasteiger partial charge on any atom is 0.269 e. The summed E-state index contributed by atoms with van der Waals surface area (Å²) in [5.41, 5.74) is 7.96. The molecule has 0 saturated carbocycles. The number of amides is 1. The summed E-state index contributed by atoms with van der Waals surface area (Å²) in [4.78, 5) is 25.8. The Morgan fingerprint density at radius 1 is 1.21 bits per heavy atom. The van der Waals surface area contributed by atoms with Crippen LogP contribution in [0.15, 0.2) is 60.1 Å². The van der Waals surface area contributed by atoms with Gasteiger partial charge in [-0.15, -0.1) is 11.3 Å². The fourth-order valence-electron chi connectivity index (χ4n) is 2.31. The molecule has 3 rings (SSSR count). The van der Waals surface area contributed by atoms with Crippen molar-refractivity contribution in [3.63, 3.8) is 0 Å². The Labute approximate surface area is 163 Å². The zero-order valence-corrected chi connectivity index (χ0v) is 15.1. The van der Waals surface area contributed by atoms with Crippen molar-refractivity contribution >= 4 is 34.2 Å². The van der Waals surface area contributed by atoms with Crippen LogP contribution in [0.2, 0.25) is 0 Å². The zero-order chi connectivity index (χ0) is 20.1. The Kier molecular flexibility index (Phi) is 5.43. The third-order valence-corrected chi connectivity index (χ3v) is 4.66. The second-order valence-electron chi connectivity index (χ2n) is 5.60. The number of hydrogen-bond donors (Lipinski definition) is 2. The fraction of sp³-hybridized carbons (Fsp3) is 0. The lowest BCUT2D eigenvalue weighted by molar-refractivity contribution is -0.384. The Bertz CT molecular complexity index is 1100. The first-order valence-electron chi connectivity index (χ1n) is 7.95. The number of nitrogens with one attached hydrogen (secondary N) is 1. The predicted octanol–water partition coefficient (Wildman–Crippen LogP) is 3.79. The minimum absolute atomic E-state index is 0.00312. The molecule has 28 heavy (non-hydrogen) atoms. The van der Waals surface area contributed by atoms with Crippen molar-refractivity contribution in [3.05, 3.63) is 80.8 Å². The standard InChI is InChI=1S/C19H13N5O3S/c20-9-14(10-22-15-5-1-13(2-6-15)18(21)25)19-23-17(11-28-19)12-3-7-16(8-4-12)24(26)27/h1-8,10-11,22H,(H2,21,25)/b14-10-. The van der Waals surface area contributed by atoms with E-state index in [2.05, 4.69) is 16.4 Å². The van der Waals surface area contributed by atoms with Gasteiger partial charge < -0.3 is 11.1 Å². The van der Waals surface area contributed by atoms with Crippen molar-refractivity contribution in [1.29, 1.82) is 5.26 Å². The third-order valence-electron chi connectivity index (χ3n) is 3.78. The van der Waals surface area contributed by atoms with E-state index in [9.17, 15) is 20.2 Å². The van der Waals surface area contributed by atoms with Crippen LogP contribution < -0.4 is 11.1 Å². The van der Waals surface area contributed by atoms with Gasteiger partial charge in [-0.3, -0.25) is 14.9 Å². The van der Waals surface area contributed by atoms with Gasteiger partial charge in [-0.05, 0) is 36.4 Å². The third kappa shape index (κ3) is 4.20. The molecule has 8 nitrogen and oxygen atoms in total. The smallest absolute Gasteiger partial charge is 0.269 e. The first-order valence-corrected chi connectivity index (χ1v) is 8.83. The number of nitrogens with zero attached hydrogens (tertiary/aromatic N) is 3. The van der Waals surface area contributed by atoms with Gasteiger partial charge in [-0.2, -0.15) is 5.26 Å². The Morgan fingerprint density at radius 3 is 2.46 bits per heavy atom. The molecule has 2 aromatic carbocycles. The molecule has 0 saturated heterocycles. The molecule has 0 aliphatic rings. The number of aromatic nitrogens is 1. The number of nitriles is 1. The quantitative estimate of drug-likeness (QED) is 0.373. The van der Waals surface area contributed by atoms with E-state index >= 15 is 0 Å². The highest BCUT2D eigenvalue weighted by atomic mass is 32.1. The number of anilines is 1. The number of carbonyl (C=O) groups is 1. The van der Waals surface area contributed by atoms with Gasteiger partial charge in [0.05, 0.1) is 10.6 Å². The second kappa shape index (κ2) is 8.11. The monoisotopic (exact) mass is 391 g/mol. The van der Waals surface area contributed by atoms with Crippen LogP contribution in [0.25, 0.3) is 16.8 Å². The summed E-state index contributed by atoms with van der Waals surface area (Å²) in [7, 11) is 0. The number of hydrogen-bond acceptors (Lipinski definition) is 7. The molecule has 1 aromatic heterocycles. The molecular weight excluding hydrogens is 378 g/mol. The Morgan fingerprint density at radius 2 is 1.89 bits per heavy atom. The van der Waals surface area contributed by atoms with Crippen molar-refractivity contribution in [1.82, 2.24) is 4.98 Å². The van der Waals surface area contributed by atoms with E-state index in [1.54, 1.807) is 41.8 Å². The summed E-state index contributed by atoms with van der Waals surface area (Å²) in [6.45, 7) is 0. The highest BCUT2D eigenvalue weighted by molar-refractivity contribution is 7.11. The number of allylic oxidation sites excluding steroid dienone is 1. The molecule has 0 spiro atoms. The topological polar surface area (TPSA) is 135 Å². The van der Waals surface area contributed by atoms with E-state index in [4.69, 9.17) is 5.73 Å². The molecule has 9 heteroatoms. The molecule has 0 radical (unpaired) electrons. The number of nitrogens with two attached hydrogens (primary N) is 1. The maximum absolute atomic E-state index is 11.1. The van der Waals surface area contributed by atoms with E-state index in [0.717, 1.165) is 5.56 Å². The summed E-state index contributed by atoms with van der Waals surface area (Å²) in [5.74, 6) is -0.513. The van der Waals surface area contributed by atoms with Gasteiger partial charge in [-0.1, -0.05) is 0 Å². The van der Waals surface area contributed by atoms with E-state index in [1.165, 1.54) is 29.7 Å². The molecule has 138 valence electrons. The van der Waals surface area contributed by atoms with Crippen molar-refractivity contribution in [2.75, 3.05) is 5.32 Å². The van der Waals surface area contributed by atoms with Gasteiger partial charge in [0.15, 0.2) is 0 Å². The number of benzene rings is 2. The lowest BCUT2D eigenvalue weighted by atomic mass is 10.1. The highest BCUT2D eigenvalue weighted by Crippen LogP contribution is 2.27. The van der Waals surface area contributed by atoms with Crippen LogP contribution in [0.4, 0.5) is 11.4 Å². The number of carbonyl (C=O) groups excluding carboxylic acids is 1. The van der Waals surface area contributed by atoms with Gasteiger partial charge in [0.1, 0.15) is 16.6 Å². The average molecular weight is 391 g/mol. The molecule has 1 heterocycles. The summed E-state index contributed by atoms with van der Waals surface area (Å²) in [6, 6.07) is 14.7. The number of thiazole rings is 1. The number of non-ortho nitro benzene ring substituents is 1. The molecule has 0 aliphatic carbocycles. The fourth-order valence-corrected chi connectivity index (χ4v) is 3.11. The number of rotatable bonds is 6. The molecule has 0 bridgehead atoms. The Balaban J connectivity index is 1.78. The molecule has 3 N–H and O–H groups in total. The van der Waals surface area contributed by atoms with Crippen LogP contribution in [-0.4, -0.2) is 15.8 Å². The second-order valence-corrected chi connectivity index (χ2v) is 6.46. The number of nitro benzene ring substituents is 1. The SMILES string of the molecule is N#C/C(=C/Nc1ccc(C(N)=O)cc1)c1nc(-c2ccc([N+](=O)[O-])cc2)cs1. The largest absolute Gasteiger partial charge is 0.366 e. The normalized spacial score (nSPS) is 10.9.